The molecule has 5 nitrogen and oxygen atoms in total. The highest BCUT2D eigenvalue weighted by Crippen LogP contribution is 2.24. The molecule has 0 atom stereocenters. The van der Waals surface area contributed by atoms with E-state index in [-0.39, 0.29) is 11.8 Å². The van der Waals surface area contributed by atoms with Crippen molar-refractivity contribution < 1.29 is 14.3 Å². The van der Waals surface area contributed by atoms with Crippen LogP contribution in [0.5, 0.6) is 11.5 Å². The van der Waals surface area contributed by atoms with Crippen LogP contribution in [0.25, 0.3) is 0 Å². The molecule has 0 aromatic heterocycles. The Morgan fingerprint density at radius 3 is 2.41 bits per heavy atom. The Bertz CT molecular complexity index is 1000. The van der Waals surface area contributed by atoms with Crippen molar-refractivity contribution >= 4 is 17.5 Å². The van der Waals surface area contributed by atoms with E-state index >= 15 is 0 Å². The minimum Gasteiger partial charge on any atom is -0.457 e. The van der Waals surface area contributed by atoms with Gasteiger partial charge >= 0.3 is 0 Å². The summed E-state index contributed by atoms with van der Waals surface area (Å²) in [4.78, 5) is 26.2. The smallest absolute Gasteiger partial charge is 0.255 e. The fourth-order valence-electron chi connectivity index (χ4n) is 3.32. The first-order valence-corrected chi connectivity index (χ1v) is 9.68. The first-order valence-electron chi connectivity index (χ1n) is 9.68. The van der Waals surface area contributed by atoms with Crippen LogP contribution in [-0.4, -0.2) is 23.3 Å². The van der Waals surface area contributed by atoms with Crippen molar-refractivity contribution in [3.63, 3.8) is 0 Å². The van der Waals surface area contributed by atoms with Crippen LogP contribution in [-0.2, 0) is 11.3 Å². The van der Waals surface area contributed by atoms with Gasteiger partial charge in [-0.3, -0.25) is 9.59 Å². The van der Waals surface area contributed by atoms with E-state index in [2.05, 4.69) is 5.32 Å². The Morgan fingerprint density at radius 1 is 0.931 bits per heavy atom. The van der Waals surface area contributed by atoms with Crippen molar-refractivity contribution in [2.75, 3.05) is 11.9 Å². The van der Waals surface area contributed by atoms with Gasteiger partial charge in [0.2, 0.25) is 5.91 Å². The SMILES string of the molecule is O=C(Nc1cccc(Oc2ccccc2)c1)c1ccc(CN2CCCC2=O)cc1. The van der Waals surface area contributed by atoms with Gasteiger partial charge in [0.15, 0.2) is 0 Å². The van der Waals surface area contributed by atoms with E-state index in [0.29, 0.717) is 30.0 Å². The number of likely N-dealkylation sites (tertiary alicyclic amines) is 1. The van der Waals surface area contributed by atoms with E-state index < -0.39 is 0 Å². The molecule has 29 heavy (non-hydrogen) atoms. The van der Waals surface area contributed by atoms with Gasteiger partial charge in [-0.05, 0) is 48.4 Å². The molecule has 2 amide bonds. The molecule has 5 heteroatoms. The summed E-state index contributed by atoms with van der Waals surface area (Å²) in [7, 11) is 0. The maximum atomic E-state index is 12.6. The number of rotatable bonds is 6. The van der Waals surface area contributed by atoms with Gasteiger partial charge in [-0.2, -0.15) is 0 Å². The highest BCUT2D eigenvalue weighted by Gasteiger charge is 2.20. The molecule has 1 aliphatic heterocycles. The van der Waals surface area contributed by atoms with Crippen LogP contribution in [0.3, 0.4) is 0 Å². The minimum absolute atomic E-state index is 0.189. The molecule has 0 radical (unpaired) electrons. The summed E-state index contributed by atoms with van der Waals surface area (Å²) in [5.74, 6) is 1.40. The van der Waals surface area contributed by atoms with Crippen LogP contribution in [0.2, 0.25) is 0 Å². The van der Waals surface area contributed by atoms with Gasteiger partial charge in [0, 0.05) is 36.8 Å². The molecule has 0 unspecified atom stereocenters. The van der Waals surface area contributed by atoms with Crippen molar-refractivity contribution in [1.82, 2.24) is 4.90 Å². The Morgan fingerprint density at radius 2 is 1.69 bits per heavy atom. The van der Waals surface area contributed by atoms with Crippen molar-refractivity contribution in [2.45, 2.75) is 19.4 Å². The quantitative estimate of drug-likeness (QED) is 0.659. The Hall–Kier alpha value is -3.60. The van der Waals surface area contributed by atoms with E-state index in [1.165, 1.54) is 0 Å². The number of amides is 2. The molecular formula is C24H22N2O3. The van der Waals surface area contributed by atoms with E-state index in [4.69, 9.17) is 4.74 Å². The molecule has 4 rings (SSSR count). The number of carbonyl (C=O) groups excluding carboxylic acids is 2. The lowest BCUT2D eigenvalue weighted by Crippen LogP contribution is -2.23. The second-order valence-electron chi connectivity index (χ2n) is 7.01. The lowest BCUT2D eigenvalue weighted by molar-refractivity contribution is -0.128. The second-order valence-corrected chi connectivity index (χ2v) is 7.01. The Labute approximate surface area is 169 Å². The first kappa shape index (κ1) is 18.7. The zero-order chi connectivity index (χ0) is 20.1. The van der Waals surface area contributed by atoms with Crippen LogP contribution >= 0.6 is 0 Å². The average molecular weight is 386 g/mol. The standard InChI is InChI=1S/C24H22N2O3/c27-23-10-5-15-26(23)17-18-11-13-19(14-12-18)24(28)25-20-6-4-9-22(16-20)29-21-7-2-1-3-8-21/h1-4,6-9,11-14,16H,5,10,15,17H2,(H,25,28). The van der Waals surface area contributed by atoms with E-state index in [1.807, 2.05) is 65.6 Å². The van der Waals surface area contributed by atoms with E-state index in [0.717, 1.165) is 24.3 Å². The van der Waals surface area contributed by atoms with Crippen LogP contribution in [0.15, 0.2) is 78.9 Å². The highest BCUT2D eigenvalue weighted by molar-refractivity contribution is 6.04. The summed E-state index contributed by atoms with van der Waals surface area (Å²) in [5, 5.41) is 2.90. The first-order chi connectivity index (χ1) is 14.2. The summed E-state index contributed by atoms with van der Waals surface area (Å²) in [5.41, 5.74) is 2.25. The molecule has 3 aromatic carbocycles. The van der Waals surface area contributed by atoms with Gasteiger partial charge in [0.1, 0.15) is 11.5 Å². The summed E-state index contributed by atoms with van der Waals surface area (Å²) in [6.07, 6.45) is 1.56. The summed E-state index contributed by atoms with van der Waals surface area (Å²) >= 11 is 0. The lowest BCUT2D eigenvalue weighted by atomic mass is 10.1. The third-order valence-electron chi connectivity index (χ3n) is 4.83. The fraction of sp³-hybridized carbons (Fsp3) is 0.167. The summed E-state index contributed by atoms with van der Waals surface area (Å²) < 4.78 is 5.81. The van der Waals surface area contributed by atoms with Crippen LogP contribution in [0.4, 0.5) is 5.69 Å². The second kappa shape index (κ2) is 8.61. The summed E-state index contributed by atoms with van der Waals surface area (Å²) in [6, 6.07) is 24.2. The van der Waals surface area contributed by atoms with Crippen molar-refractivity contribution in [3.8, 4) is 11.5 Å². The monoisotopic (exact) mass is 386 g/mol. The van der Waals surface area contributed by atoms with Gasteiger partial charge in [-0.1, -0.05) is 36.4 Å². The van der Waals surface area contributed by atoms with Crippen molar-refractivity contribution in [3.05, 3.63) is 90.0 Å². The third-order valence-corrected chi connectivity index (χ3v) is 4.83. The summed E-state index contributed by atoms with van der Waals surface area (Å²) in [6.45, 7) is 1.40. The molecule has 1 N–H and O–H groups in total. The molecule has 0 spiro atoms. The molecule has 1 fully saturated rings. The Kier molecular flexibility index (Phi) is 5.56. The molecule has 1 aliphatic rings. The molecule has 1 heterocycles. The zero-order valence-electron chi connectivity index (χ0n) is 16.0. The number of nitrogens with zero attached hydrogens (tertiary/aromatic N) is 1. The molecule has 0 saturated carbocycles. The molecule has 0 bridgehead atoms. The minimum atomic E-state index is -0.189. The van der Waals surface area contributed by atoms with Crippen LogP contribution in [0.1, 0.15) is 28.8 Å². The van der Waals surface area contributed by atoms with E-state index in [1.54, 1.807) is 18.2 Å². The number of nitrogens with one attached hydrogen (secondary N) is 1. The number of carbonyl (C=O) groups is 2. The van der Waals surface area contributed by atoms with Crippen molar-refractivity contribution in [1.29, 1.82) is 0 Å². The molecule has 3 aromatic rings. The third kappa shape index (κ3) is 4.82. The molecule has 1 saturated heterocycles. The van der Waals surface area contributed by atoms with Gasteiger partial charge in [0.05, 0.1) is 0 Å². The topological polar surface area (TPSA) is 58.6 Å². The molecule has 146 valence electrons. The Balaban J connectivity index is 1.38. The van der Waals surface area contributed by atoms with Crippen molar-refractivity contribution in [2.24, 2.45) is 0 Å². The van der Waals surface area contributed by atoms with Gasteiger partial charge in [-0.25, -0.2) is 0 Å². The average Bonchev–Trinajstić information content (AvgIpc) is 3.14. The zero-order valence-corrected chi connectivity index (χ0v) is 16.0. The normalized spacial score (nSPS) is 13.4. The molecular weight excluding hydrogens is 364 g/mol. The number of hydrogen-bond acceptors (Lipinski definition) is 3. The predicted octanol–water partition coefficient (Wildman–Crippen LogP) is 4.85. The lowest BCUT2D eigenvalue weighted by Gasteiger charge is -2.15. The number of ether oxygens (including phenoxy) is 1. The number of hydrogen-bond donors (Lipinski definition) is 1. The van der Waals surface area contributed by atoms with Crippen LogP contribution in [0, 0.1) is 0 Å². The van der Waals surface area contributed by atoms with Crippen LogP contribution < -0.4 is 10.1 Å². The maximum absolute atomic E-state index is 12.6. The maximum Gasteiger partial charge on any atom is 0.255 e. The molecule has 0 aliphatic carbocycles. The highest BCUT2D eigenvalue weighted by atomic mass is 16.5. The number of anilines is 1. The predicted molar refractivity (Wildman–Crippen MR) is 112 cm³/mol. The number of benzene rings is 3. The number of para-hydroxylation sites is 1. The fourth-order valence-corrected chi connectivity index (χ4v) is 3.32. The van der Waals surface area contributed by atoms with E-state index in [9.17, 15) is 9.59 Å². The van der Waals surface area contributed by atoms with Gasteiger partial charge in [-0.15, -0.1) is 0 Å². The van der Waals surface area contributed by atoms with Gasteiger partial charge in [0.25, 0.3) is 5.91 Å². The largest absolute Gasteiger partial charge is 0.457 e. The van der Waals surface area contributed by atoms with Gasteiger partial charge < -0.3 is 15.0 Å².